The molecule has 5 heteroatoms. The largest absolute Gasteiger partial charge is 0.293 e. The Kier molecular flexibility index (Phi) is 4.61. The molecule has 0 amide bonds. The highest BCUT2D eigenvalue weighted by Crippen LogP contribution is 2.41. The third-order valence-corrected chi connectivity index (χ3v) is 7.04. The fraction of sp³-hybridized carbons (Fsp3) is 0.350. The zero-order valence-corrected chi connectivity index (χ0v) is 16.0. The Morgan fingerprint density at radius 3 is 2.88 bits per heavy atom. The van der Waals surface area contributed by atoms with Crippen molar-refractivity contribution < 1.29 is 4.79 Å². The standard InChI is InChI=1S/C20H20N2OS2/c1-12-8-9-15-16(10-12)25-20-17(15)19(21-11-22-20)24-13(2)18(23)14-6-4-3-5-7-14/h3-7,11-13H,8-10H2,1-2H3. The van der Waals surface area contributed by atoms with Crippen molar-refractivity contribution in [3.05, 3.63) is 52.7 Å². The Morgan fingerprint density at radius 1 is 1.28 bits per heavy atom. The molecule has 0 saturated heterocycles. The van der Waals surface area contributed by atoms with Crippen LogP contribution in [0.2, 0.25) is 0 Å². The number of carbonyl (C=O) groups is 1. The molecule has 4 rings (SSSR count). The molecule has 128 valence electrons. The lowest BCUT2D eigenvalue weighted by molar-refractivity contribution is 0.0994. The van der Waals surface area contributed by atoms with Gasteiger partial charge in [0.2, 0.25) is 0 Å². The van der Waals surface area contributed by atoms with Crippen molar-refractivity contribution in [2.45, 2.75) is 43.4 Å². The molecule has 0 spiro atoms. The van der Waals surface area contributed by atoms with Gasteiger partial charge in [-0.15, -0.1) is 11.3 Å². The maximum absolute atomic E-state index is 12.7. The molecule has 2 heterocycles. The molecule has 0 radical (unpaired) electrons. The van der Waals surface area contributed by atoms with E-state index in [0.29, 0.717) is 0 Å². The van der Waals surface area contributed by atoms with Crippen molar-refractivity contribution in [1.29, 1.82) is 0 Å². The highest BCUT2D eigenvalue weighted by molar-refractivity contribution is 8.00. The van der Waals surface area contributed by atoms with Crippen LogP contribution in [0.15, 0.2) is 41.7 Å². The van der Waals surface area contributed by atoms with E-state index in [1.165, 1.54) is 22.2 Å². The number of hydrogen-bond acceptors (Lipinski definition) is 5. The quantitative estimate of drug-likeness (QED) is 0.361. The number of thiophene rings is 1. The summed E-state index contributed by atoms with van der Waals surface area (Å²) in [5, 5.41) is 1.97. The zero-order chi connectivity index (χ0) is 17.4. The topological polar surface area (TPSA) is 42.9 Å². The van der Waals surface area contributed by atoms with Crippen molar-refractivity contribution >= 4 is 39.1 Å². The Morgan fingerprint density at radius 2 is 2.08 bits per heavy atom. The van der Waals surface area contributed by atoms with E-state index in [9.17, 15) is 4.79 Å². The minimum atomic E-state index is -0.168. The second-order valence-corrected chi connectivity index (χ2v) is 9.11. The van der Waals surface area contributed by atoms with Crippen LogP contribution in [0.1, 0.15) is 41.1 Å². The Bertz CT molecular complexity index is 920. The Labute approximate surface area is 155 Å². The van der Waals surface area contributed by atoms with Crippen LogP contribution in [0.4, 0.5) is 0 Å². The molecule has 0 saturated carbocycles. The zero-order valence-electron chi connectivity index (χ0n) is 14.4. The maximum atomic E-state index is 12.7. The second kappa shape index (κ2) is 6.89. The number of nitrogens with zero attached hydrogens (tertiary/aromatic N) is 2. The fourth-order valence-corrected chi connectivity index (χ4v) is 5.83. The van der Waals surface area contributed by atoms with E-state index in [1.54, 1.807) is 29.4 Å². The van der Waals surface area contributed by atoms with Gasteiger partial charge in [-0.2, -0.15) is 0 Å². The molecular weight excluding hydrogens is 348 g/mol. The number of rotatable bonds is 4. The monoisotopic (exact) mass is 368 g/mol. The van der Waals surface area contributed by atoms with Crippen molar-refractivity contribution in [1.82, 2.24) is 9.97 Å². The summed E-state index contributed by atoms with van der Waals surface area (Å²) >= 11 is 3.36. The molecule has 1 aliphatic rings. The van der Waals surface area contributed by atoms with E-state index in [-0.39, 0.29) is 11.0 Å². The number of aryl methyl sites for hydroxylation is 1. The average molecular weight is 369 g/mol. The lowest BCUT2D eigenvalue weighted by Gasteiger charge is -2.18. The molecular formula is C20H20N2OS2. The summed E-state index contributed by atoms with van der Waals surface area (Å²) in [6, 6.07) is 9.50. The van der Waals surface area contributed by atoms with Crippen molar-refractivity contribution in [2.75, 3.05) is 0 Å². The van der Waals surface area contributed by atoms with Crippen molar-refractivity contribution in [3.8, 4) is 0 Å². The molecule has 2 atom stereocenters. The van der Waals surface area contributed by atoms with Gasteiger partial charge in [0.25, 0.3) is 0 Å². The number of benzene rings is 1. The lowest BCUT2D eigenvalue weighted by Crippen LogP contribution is -2.14. The summed E-state index contributed by atoms with van der Waals surface area (Å²) < 4.78 is 0. The first-order chi connectivity index (χ1) is 12.1. The number of hydrogen-bond donors (Lipinski definition) is 0. The van der Waals surface area contributed by atoms with Crippen LogP contribution < -0.4 is 0 Å². The molecule has 0 bridgehead atoms. The first-order valence-corrected chi connectivity index (χ1v) is 10.3. The van der Waals surface area contributed by atoms with E-state index < -0.39 is 0 Å². The minimum absolute atomic E-state index is 0.148. The number of ketones is 1. The summed E-state index contributed by atoms with van der Waals surface area (Å²) in [5.41, 5.74) is 2.18. The number of aromatic nitrogens is 2. The van der Waals surface area contributed by atoms with Crippen molar-refractivity contribution in [2.24, 2.45) is 5.92 Å². The highest BCUT2D eigenvalue weighted by atomic mass is 32.2. The fourth-order valence-electron chi connectivity index (χ4n) is 3.39. The van der Waals surface area contributed by atoms with E-state index in [1.807, 2.05) is 37.3 Å². The summed E-state index contributed by atoms with van der Waals surface area (Å²) in [7, 11) is 0. The second-order valence-electron chi connectivity index (χ2n) is 6.70. The molecule has 0 fully saturated rings. The number of thioether (sulfide) groups is 1. The lowest BCUT2D eigenvalue weighted by atomic mass is 9.89. The van der Waals surface area contributed by atoms with Gasteiger partial charge < -0.3 is 0 Å². The molecule has 1 aromatic carbocycles. The van der Waals surface area contributed by atoms with Crippen LogP contribution in [-0.2, 0) is 12.8 Å². The average Bonchev–Trinajstić information content (AvgIpc) is 3.00. The minimum Gasteiger partial charge on any atom is -0.293 e. The van der Waals surface area contributed by atoms with Gasteiger partial charge in [-0.3, -0.25) is 4.79 Å². The van der Waals surface area contributed by atoms with Crippen LogP contribution in [0, 0.1) is 5.92 Å². The predicted octanol–water partition coefficient (Wildman–Crippen LogP) is 5.18. The van der Waals surface area contributed by atoms with Crippen LogP contribution in [0.5, 0.6) is 0 Å². The van der Waals surface area contributed by atoms with Gasteiger partial charge in [-0.1, -0.05) is 49.0 Å². The number of Topliss-reactive ketones (excluding diaryl/α,β-unsaturated/α-hetero) is 1. The van der Waals surface area contributed by atoms with E-state index in [4.69, 9.17) is 0 Å². The summed E-state index contributed by atoms with van der Waals surface area (Å²) in [6.45, 7) is 4.28. The van der Waals surface area contributed by atoms with Gasteiger partial charge in [0.05, 0.1) is 5.25 Å². The summed E-state index contributed by atoms with van der Waals surface area (Å²) in [5.74, 6) is 0.887. The Balaban J connectivity index is 1.67. The first kappa shape index (κ1) is 16.7. The van der Waals surface area contributed by atoms with Crippen LogP contribution in [0.3, 0.4) is 0 Å². The van der Waals surface area contributed by atoms with Crippen LogP contribution in [0.25, 0.3) is 10.2 Å². The van der Waals surface area contributed by atoms with Crippen LogP contribution in [-0.4, -0.2) is 21.0 Å². The van der Waals surface area contributed by atoms with Gasteiger partial charge in [0.1, 0.15) is 16.2 Å². The van der Waals surface area contributed by atoms with E-state index >= 15 is 0 Å². The number of carbonyl (C=O) groups excluding carboxylic acids is 1. The molecule has 0 N–H and O–H groups in total. The van der Waals surface area contributed by atoms with Gasteiger partial charge in [0.15, 0.2) is 5.78 Å². The third-order valence-electron chi connectivity index (χ3n) is 4.77. The predicted molar refractivity (Wildman–Crippen MR) is 105 cm³/mol. The molecule has 2 aromatic heterocycles. The summed E-state index contributed by atoms with van der Waals surface area (Å²) in [4.78, 5) is 24.2. The highest BCUT2D eigenvalue weighted by Gasteiger charge is 2.25. The molecule has 1 aliphatic carbocycles. The van der Waals surface area contributed by atoms with E-state index in [0.717, 1.165) is 34.2 Å². The first-order valence-electron chi connectivity index (χ1n) is 8.64. The maximum Gasteiger partial charge on any atom is 0.175 e. The smallest absolute Gasteiger partial charge is 0.175 e. The number of fused-ring (bicyclic) bond motifs is 3. The van der Waals surface area contributed by atoms with Gasteiger partial charge in [0, 0.05) is 15.8 Å². The molecule has 3 nitrogen and oxygen atoms in total. The SMILES string of the molecule is CC1CCc2c(sc3ncnc(SC(C)C(=O)c4ccccc4)c23)C1. The molecule has 2 unspecified atom stereocenters. The van der Waals surface area contributed by atoms with Gasteiger partial charge >= 0.3 is 0 Å². The van der Waals surface area contributed by atoms with Gasteiger partial charge in [-0.05, 0) is 37.7 Å². The summed E-state index contributed by atoms with van der Waals surface area (Å²) in [6.07, 6.45) is 5.09. The van der Waals surface area contributed by atoms with Crippen molar-refractivity contribution in [3.63, 3.8) is 0 Å². The molecule has 0 aliphatic heterocycles. The van der Waals surface area contributed by atoms with E-state index in [2.05, 4.69) is 16.9 Å². The third kappa shape index (κ3) is 3.23. The normalized spacial score (nSPS) is 18.1. The molecule has 25 heavy (non-hydrogen) atoms. The molecule has 3 aromatic rings. The van der Waals surface area contributed by atoms with Gasteiger partial charge in [-0.25, -0.2) is 9.97 Å². The van der Waals surface area contributed by atoms with Crippen LogP contribution >= 0.6 is 23.1 Å². The Hall–Kier alpha value is -1.72.